The summed E-state index contributed by atoms with van der Waals surface area (Å²) in [5.41, 5.74) is 1.90. The van der Waals surface area contributed by atoms with Crippen molar-refractivity contribution in [1.82, 2.24) is 4.98 Å². The first-order valence-electron chi connectivity index (χ1n) is 4.54. The first-order chi connectivity index (χ1) is 6.29. The highest BCUT2D eigenvalue weighted by Gasteiger charge is 2.25. The van der Waals surface area contributed by atoms with Gasteiger partial charge < -0.3 is 5.32 Å². The summed E-state index contributed by atoms with van der Waals surface area (Å²) >= 11 is 0. The molecular formula is C10H14N2O. The molecule has 1 aromatic rings. The number of carbonyl (C=O) groups is 1. The fraction of sp³-hybridized carbons (Fsp3) is 0.400. The van der Waals surface area contributed by atoms with Gasteiger partial charge in [0.25, 0.3) is 0 Å². The van der Waals surface area contributed by atoms with Crippen LogP contribution in [0.5, 0.6) is 0 Å². The minimum absolute atomic E-state index is 0.0429. The number of nitrogens with one attached hydrogen (secondary N) is 1. The van der Waals surface area contributed by atoms with Gasteiger partial charge in [-0.3, -0.25) is 9.78 Å². The second-order valence-electron chi connectivity index (χ2n) is 2.67. The lowest BCUT2D eigenvalue weighted by atomic mass is 10.1. The summed E-state index contributed by atoms with van der Waals surface area (Å²) in [4.78, 5) is 15.0. The molecular weight excluding hydrogens is 164 g/mol. The van der Waals surface area contributed by atoms with Gasteiger partial charge in [-0.2, -0.15) is 0 Å². The van der Waals surface area contributed by atoms with E-state index in [-0.39, 0.29) is 11.8 Å². The molecule has 1 amide bonds. The van der Waals surface area contributed by atoms with Crippen LogP contribution in [0.2, 0.25) is 0 Å². The summed E-state index contributed by atoms with van der Waals surface area (Å²) in [6.07, 6.45) is 3.41. The van der Waals surface area contributed by atoms with Gasteiger partial charge in [0.1, 0.15) is 0 Å². The standard InChI is InChI=1S/C8H8N2O.C2H6/c1-5-6-4-9-3-2-7(6)10-8(5)11;1-2/h2-5H,1H3,(H,10,11);1-2H3. The summed E-state index contributed by atoms with van der Waals surface area (Å²) < 4.78 is 0. The summed E-state index contributed by atoms with van der Waals surface area (Å²) in [6, 6.07) is 1.82. The van der Waals surface area contributed by atoms with Crippen molar-refractivity contribution in [3.63, 3.8) is 0 Å². The van der Waals surface area contributed by atoms with Crippen LogP contribution >= 0.6 is 0 Å². The van der Waals surface area contributed by atoms with E-state index in [2.05, 4.69) is 10.3 Å². The molecule has 1 aromatic heterocycles. The van der Waals surface area contributed by atoms with Crippen molar-refractivity contribution in [1.29, 1.82) is 0 Å². The molecule has 0 aromatic carbocycles. The van der Waals surface area contributed by atoms with Gasteiger partial charge in [-0.05, 0) is 13.0 Å². The first kappa shape index (κ1) is 9.71. The molecule has 2 rings (SSSR count). The van der Waals surface area contributed by atoms with Gasteiger partial charge in [-0.25, -0.2) is 0 Å². The zero-order valence-electron chi connectivity index (χ0n) is 8.16. The fourth-order valence-electron chi connectivity index (χ4n) is 1.25. The van der Waals surface area contributed by atoms with E-state index >= 15 is 0 Å². The molecule has 0 spiro atoms. The molecule has 1 unspecified atom stereocenters. The lowest BCUT2D eigenvalue weighted by molar-refractivity contribution is -0.116. The highest BCUT2D eigenvalue weighted by Crippen LogP contribution is 2.30. The number of rotatable bonds is 0. The second kappa shape index (κ2) is 4.03. The van der Waals surface area contributed by atoms with Crippen molar-refractivity contribution in [2.45, 2.75) is 26.7 Å². The molecule has 0 saturated carbocycles. The van der Waals surface area contributed by atoms with Crippen LogP contribution in [0.3, 0.4) is 0 Å². The minimum Gasteiger partial charge on any atom is -0.325 e. The van der Waals surface area contributed by atoms with Gasteiger partial charge in [0.2, 0.25) is 5.91 Å². The lowest BCUT2D eigenvalue weighted by Gasteiger charge is -1.96. The molecule has 3 heteroatoms. The Morgan fingerprint density at radius 3 is 2.77 bits per heavy atom. The van der Waals surface area contributed by atoms with Crippen LogP contribution in [0.25, 0.3) is 0 Å². The van der Waals surface area contributed by atoms with Crippen molar-refractivity contribution in [3.8, 4) is 0 Å². The Labute approximate surface area is 78.2 Å². The van der Waals surface area contributed by atoms with E-state index in [9.17, 15) is 4.79 Å². The van der Waals surface area contributed by atoms with E-state index in [1.807, 2.05) is 26.8 Å². The Morgan fingerprint density at radius 2 is 2.15 bits per heavy atom. The van der Waals surface area contributed by atoms with Crippen LogP contribution in [0.15, 0.2) is 18.5 Å². The molecule has 3 nitrogen and oxygen atoms in total. The van der Waals surface area contributed by atoms with E-state index in [0.717, 1.165) is 11.3 Å². The van der Waals surface area contributed by atoms with Gasteiger partial charge in [0, 0.05) is 23.6 Å². The Bertz CT molecular complexity index is 310. The Kier molecular flexibility index (Phi) is 3.01. The van der Waals surface area contributed by atoms with Gasteiger partial charge >= 0.3 is 0 Å². The summed E-state index contributed by atoms with van der Waals surface area (Å²) in [7, 11) is 0. The number of nitrogens with zero attached hydrogens (tertiary/aromatic N) is 1. The Balaban J connectivity index is 0.000000396. The van der Waals surface area contributed by atoms with Crippen LogP contribution in [-0.2, 0) is 4.79 Å². The zero-order valence-corrected chi connectivity index (χ0v) is 8.16. The summed E-state index contributed by atoms with van der Waals surface area (Å²) in [6.45, 7) is 5.88. The van der Waals surface area contributed by atoms with Crippen LogP contribution in [0.1, 0.15) is 32.3 Å². The SMILES string of the molecule is CC.CC1C(=O)Nc2ccncc21. The highest BCUT2D eigenvalue weighted by atomic mass is 16.2. The molecule has 1 atom stereocenters. The molecule has 1 N–H and O–H groups in total. The predicted molar refractivity (Wildman–Crippen MR) is 52.6 cm³/mol. The van der Waals surface area contributed by atoms with E-state index in [0.29, 0.717) is 0 Å². The number of hydrogen-bond acceptors (Lipinski definition) is 2. The topological polar surface area (TPSA) is 42.0 Å². The predicted octanol–water partition coefficient (Wildman–Crippen LogP) is 2.16. The number of aromatic nitrogens is 1. The van der Waals surface area contributed by atoms with Gasteiger partial charge in [0.05, 0.1) is 5.92 Å². The third-order valence-corrected chi connectivity index (χ3v) is 1.97. The average Bonchev–Trinajstić information content (AvgIpc) is 2.47. The maximum Gasteiger partial charge on any atom is 0.231 e. The van der Waals surface area contributed by atoms with Gasteiger partial charge in [-0.15, -0.1) is 0 Å². The van der Waals surface area contributed by atoms with E-state index in [4.69, 9.17) is 0 Å². The maximum absolute atomic E-state index is 11.1. The van der Waals surface area contributed by atoms with Crippen molar-refractivity contribution >= 4 is 11.6 Å². The monoisotopic (exact) mass is 178 g/mol. The quantitative estimate of drug-likeness (QED) is 0.661. The fourth-order valence-corrected chi connectivity index (χ4v) is 1.25. The average molecular weight is 178 g/mol. The van der Waals surface area contributed by atoms with Gasteiger partial charge in [0.15, 0.2) is 0 Å². The molecule has 1 aliphatic rings. The molecule has 13 heavy (non-hydrogen) atoms. The molecule has 2 heterocycles. The molecule has 0 saturated heterocycles. The van der Waals surface area contributed by atoms with Crippen molar-refractivity contribution in [2.24, 2.45) is 0 Å². The third kappa shape index (κ3) is 1.69. The zero-order chi connectivity index (χ0) is 9.84. The van der Waals surface area contributed by atoms with E-state index < -0.39 is 0 Å². The second-order valence-corrected chi connectivity index (χ2v) is 2.67. The van der Waals surface area contributed by atoms with Crippen molar-refractivity contribution in [2.75, 3.05) is 5.32 Å². The number of anilines is 1. The molecule has 0 radical (unpaired) electrons. The minimum atomic E-state index is -0.0429. The maximum atomic E-state index is 11.1. The Hall–Kier alpha value is -1.38. The van der Waals surface area contributed by atoms with Crippen LogP contribution < -0.4 is 5.32 Å². The van der Waals surface area contributed by atoms with Crippen LogP contribution in [0.4, 0.5) is 5.69 Å². The Morgan fingerprint density at radius 1 is 1.46 bits per heavy atom. The van der Waals surface area contributed by atoms with Crippen LogP contribution in [-0.4, -0.2) is 10.9 Å². The molecule has 0 aliphatic carbocycles. The molecule has 0 bridgehead atoms. The van der Waals surface area contributed by atoms with Crippen molar-refractivity contribution in [3.05, 3.63) is 24.0 Å². The molecule has 0 fully saturated rings. The normalized spacial score (nSPS) is 18.4. The van der Waals surface area contributed by atoms with E-state index in [1.165, 1.54) is 0 Å². The van der Waals surface area contributed by atoms with Crippen molar-refractivity contribution < 1.29 is 4.79 Å². The molecule has 1 aliphatic heterocycles. The summed E-state index contributed by atoms with van der Waals surface area (Å²) in [5, 5.41) is 2.77. The number of hydrogen-bond donors (Lipinski definition) is 1. The summed E-state index contributed by atoms with van der Waals surface area (Å²) in [5.74, 6) is 0.0201. The third-order valence-electron chi connectivity index (χ3n) is 1.97. The first-order valence-corrected chi connectivity index (χ1v) is 4.54. The van der Waals surface area contributed by atoms with Crippen LogP contribution in [0, 0.1) is 0 Å². The largest absolute Gasteiger partial charge is 0.325 e. The lowest BCUT2D eigenvalue weighted by Crippen LogP contribution is -2.08. The van der Waals surface area contributed by atoms with E-state index in [1.54, 1.807) is 12.4 Å². The number of fused-ring (bicyclic) bond motifs is 1. The smallest absolute Gasteiger partial charge is 0.231 e. The highest BCUT2D eigenvalue weighted by molar-refractivity contribution is 6.02. The number of carbonyl (C=O) groups excluding carboxylic acids is 1. The number of pyridine rings is 1. The molecule has 70 valence electrons. The van der Waals surface area contributed by atoms with Gasteiger partial charge in [-0.1, -0.05) is 13.8 Å². The number of amides is 1.